The molecule has 0 spiro atoms. The Balaban J connectivity index is 1.40. The zero-order valence-corrected chi connectivity index (χ0v) is 21.4. The summed E-state index contributed by atoms with van der Waals surface area (Å²) in [4.78, 5) is 36.6. The van der Waals surface area contributed by atoms with Crippen molar-refractivity contribution in [1.29, 1.82) is 0 Å². The number of nitrogens with one attached hydrogen (secondary N) is 1. The van der Waals surface area contributed by atoms with Crippen LogP contribution < -0.4 is 4.74 Å². The van der Waals surface area contributed by atoms with Gasteiger partial charge in [-0.15, -0.1) is 0 Å². The highest BCUT2D eigenvalue weighted by Crippen LogP contribution is 2.41. The first kappa shape index (κ1) is 24.1. The fourth-order valence-corrected chi connectivity index (χ4v) is 5.50. The number of carboxylic acid groups (broad SMARTS) is 1. The van der Waals surface area contributed by atoms with Crippen LogP contribution in [0.25, 0.3) is 16.6 Å². The van der Waals surface area contributed by atoms with Gasteiger partial charge in [0.1, 0.15) is 17.6 Å². The van der Waals surface area contributed by atoms with E-state index >= 15 is 0 Å². The zero-order chi connectivity index (χ0) is 26.4. The number of amides is 2. The number of nitrogens with zero attached hydrogens (tertiary/aromatic N) is 3. The van der Waals surface area contributed by atoms with Gasteiger partial charge in [0.25, 0.3) is 5.91 Å². The third-order valence-electron chi connectivity index (χ3n) is 7.26. The van der Waals surface area contributed by atoms with Crippen LogP contribution in [0.5, 0.6) is 5.75 Å². The topological polar surface area (TPSA) is 98.8 Å². The van der Waals surface area contributed by atoms with Gasteiger partial charge >= 0.3 is 6.09 Å². The van der Waals surface area contributed by atoms with E-state index in [1.165, 1.54) is 4.90 Å². The monoisotopic (exact) mass is 528 g/mol. The second-order valence-corrected chi connectivity index (χ2v) is 9.88. The van der Waals surface area contributed by atoms with Gasteiger partial charge in [0.15, 0.2) is 0 Å². The minimum absolute atomic E-state index is 0.113. The first-order valence-corrected chi connectivity index (χ1v) is 12.7. The number of hydrogen-bond acceptors (Lipinski definition) is 4. The Morgan fingerprint density at radius 2 is 2.00 bits per heavy atom. The molecule has 0 bridgehead atoms. The number of halogens is 1. The second kappa shape index (κ2) is 9.54. The Morgan fingerprint density at radius 3 is 2.74 bits per heavy atom. The van der Waals surface area contributed by atoms with E-state index in [1.807, 2.05) is 54.6 Å². The number of H-pyrrole nitrogens is 1. The highest BCUT2D eigenvalue weighted by molar-refractivity contribution is 6.30. The Hall–Kier alpha value is -4.30. The normalized spacial score (nSPS) is 15.9. The van der Waals surface area contributed by atoms with Crippen LogP contribution in [-0.4, -0.2) is 57.1 Å². The molecule has 1 unspecified atom stereocenters. The summed E-state index contributed by atoms with van der Waals surface area (Å²) in [5.41, 5.74) is 5.95. The summed E-state index contributed by atoms with van der Waals surface area (Å²) in [6.45, 7) is 1.17. The van der Waals surface area contributed by atoms with Crippen molar-refractivity contribution in [3.63, 3.8) is 0 Å². The van der Waals surface area contributed by atoms with E-state index in [0.29, 0.717) is 48.2 Å². The molecule has 0 saturated heterocycles. The minimum atomic E-state index is -0.923. The molecule has 3 heterocycles. The maximum atomic E-state index is 14.0. The predicted octanol–water partition coefficient (Wildman–Crippen LogP) is 5.74. The van der Waals surface area contributed by atoms with Gasteiger partial charge in [0.05, 0.1) is 18.1 Å². The van der Waals surface area contributed by atoms with E-state index in [0.717, 1.165) is 33.3 Å². The summed E-state index contributed by atoms with van der Waals surface area (Å²) in [7, 11) is 1.60. The van der Waals surface area contributed by atoms with Gasteiger partial charge in [0.2, 0.25) is 0 Å². The number of rotatable bonds is 5. The molecule has 2 aliphatic rings. The van der Waals surface area contributed by atoms with Gasteiger partial charge in [-0.1, -0.05) is 41.9 Å². The number of para-hydroxylation sites is 2. The maximum Gasteiger partial charge on any atom is 0.407 e. The summed E-state index contributed by atoms with van der Waals surface area (Å²) < 4.78 is 5.68. The number of benzene rings is 3. The molecule has 1 aromatic heterocycles. The molecule has 0 radical (unpaired) electrons. The van der Waals surface area contributed by atoms with E-state index in [9.17, 15) is 14.7 Å². The van der Waals surface area contributed by atoms with Gasteiger partial charge < -0.3 is 24.6 Å². The molecule has 38 heavy (non-hydrogen) atoms. The number of ether oxygens (including phenoxy) is 1. The van der Waals surface area contributed by atoms with Crippen molar-refractivity contribution in [3.05, 3.63) is 99.8 Å². The Labute approximate surface area is 224 Å². The summed E-state index contributed by atoms with van der Waals surface area (Å²) in [6, 6.07) is 18.5. The van der Waals surface area contributed by atoms with Gasteiger partial charge in [-0.05, 0) is 59.5 Å². The third kappa shape index (κ3) is 4.16. The molecule has 4 aromatic rings. The van der Waals surface area contributed by atoms with E-state index in [1.54, 1.807) is 24.1 Å². The Kier molecular flexibility index (Phi) is 6.04. The summed E-state index contributed by atoms with van der Waals surface area (Å²) >= 11 is 6.42. The fraction of sp³-hybridized carbons (Fsp3) is 0.207. The van der Waals surface area contributed by atoms with Crippen molar-refractivity contribution in [3.8, 4) is 5.75 Å². The van der Waals surface area contributed by atoms with E-state index < -0.39 is 12.1 Å². The highest BCUT2D eigenvalue weighted by atomic mass is 35.5. The maximum absolute atomic E-state index is 14.0. The van der Waals surface area contributed by atoms with Crippen LogP contribution in [0.3, 0.4) is 0 Å². The molecule has 0 saturated carbocycles. The Morgan fingerprint density at radius 1 is 1.16 bits per heavy atom. The molecule has 6 rings (SSSR count). The van der Waals surface area contributed by atoms with Crippen LogP contribution in [0.1, 0.15) is 45.3 Å². The van der Waals surface area contributed by atoms with E-state index in [2.05, 4.69) is 4.98 Å². The van der Waals surface area contributed by atoms with Crippen molar-refractivity contribution in [2.75, 3.05) is 20.2 Å². The Bertz CT molecular complexity index is 1580. The molecule has 8 nitrogen and oxygen atoms in total. The average Bonchev–Trinajstić information content (AvgIpc) is 3.50. The van der Waals surface area contributed by atoms with Crippen molar-refractivity contribution in [2.45, 2.75) is 19.0 Å². The van der Waals surface area contributed by atoms with Crippen LogP contribution in [0.2, 0.25) is 5.02 Å². The average molecular weight is 529 g/mol. The lowest BCUT2D eigenvalue weighted by atomic mass is 9.96. The van der Waals surface area contributed by atoms with Gasteiger partial charge in [-0.25, -0.2) is 9.78 Å². The van der Waals surface area contributed by atoms with Crippen molar-refractivity contribution in [1.82, 2.24) is 19.8 Å². The zero-order valence-electron chi connectivity index (χ0n) is 20.6. The standard InChI is InChI=1S/C29H25ClN4O4/c1-38-25-9-8-20(30)15-22(25)26(27-31-23-4-2-3-5-24(23)32-27)34-16-19-7-6-18(14-21(19)28(34)35)17-10-12-33(13-11-17)29(36)37/h2-10,14-15,26H,11-13,16H2,1H3,(H,31,32)(H,36,37). The lowest BCUT2D eigenvalue weighted by Gasteiger charge is -2.28. The van der Waals surface area contributed by atoms with Gasteiger partial charge in [0, 0.05) is 35.8 Å². The number of methoxy groups -OCH3 is 1. The molecule has 9 heteroatoms. The number of carbonyl (C=O) groups excluding carboxylic acids is 1. The second-order valence-electron chi connectivity index (χ2n) is 9.44. The van der Waals surface area contributed by atoms with Crippen molar-refractivity contribution < 1.29 is 19.4 Å². The van der Waals surface area contributed by atoms with Crippen LogP contribution in [0.4, 0.5) is 4.79 Å². The van der Waals surface area contributed by atoms with E-state index in [4.69, 9.17) is 21.3 Å². The van der Waals surface area contributed by atoms with Gasteiger partial charge in [-0.3, -0.25) is 4.79 Å². The predicted molar refractivity (Wildman–Crippen MR) is 144 cm³/mol. The van der Waals surface area contributed by atoms with Gasteiger partial charge in [-0.2, -0.15) is 0 Å². The van der Waals surface area contributed by atoms with Crippen LogP contribution in [0.15, 0.2) is 66.7 Å². The lowest BCUT2D eigenvalue weighted by Crippen LogP contribution is -2.33. The number of aromatic nitrogens is 2. The summed E-state index contributed by atoms with van der Waals surface area (Å²) in [5.74, 6) is 1.12. The summed E-state index contributed by atoms with van der Waals surface area (Å²) in [5, 5.41) is 9.78. The fourth-order valence-electron chi connectivity index (χ4n) is 5.32. The molecule has 2 aliphatic heterocycles. The molecular formula is C29H25ClN4O4. The molecule has 0 aliphatic carbocycles. The number of fused-ring (bicyclic) bond motifs is 2. The number of carbonyl (C=O) groups is 2. The first-order chi connectivity index (χ1) is 18.4. The van der Waals surface area contributed by atoms with E-state index in [-0.39, 0.29) is 5.91 Å². The van der Waals surface area contributed by atoms with Crippen LogP contribution in [-0.2, 0) is 6.54 Å². The molecule has 0 fully saturated rings. The lowest BCUT2D eigenvalue weighted by molar-refractivity contribution is 0.0723. The number of imidazole rings is 1. The van der Waals surface area contributed by atoms with Crippen LogP contribution in [0, 0.1) is 0 Å². The van der Waals surface area contributed by atoms with Crippen molar-refractivity contribution in [2.24, 2.45) is 0 Å². The molecule has 3 aromatic carbocycles. The largest absolute Gasteiger partial charge is 0.496 e. The first-order valence-electron chi connectivity index (χ1n) is 12.3. The number of hydrogen-bond donors (Lipinski definition) is 2. The molecule has 1 atom stereocenters. The quantitative estimate of drug-likeness (QED) is 0.344. The molecule has 2 amide bonds. The highest BCUT2D eigenvalue weighted by Gasteiger charge is 2.38. The number of aromatic amines is 1. The minimum Gasteiger partial charge on any atom is -0.496 e. The SMILES string of the molecule is COc1ccc(Cl)cc1C(c1nc2ccccc2[nH]1)N1Cc2ccc(C3=CCN(C(=O)O)CC3)cc2C1=O. The molecular weight excluding hydrogens is 504 g/mol. The third-order valence-corrected chi connectivity index (χ3v) is 7.49. The molecule has 192 valence electrons. The molecule has 2 N–H and O–H groups in total. The summed E-state index contributed by atoms with van der Waals surface area (Å²) in [6.07, 6.45) is 1.60. The van der Waals surface area contributed by atoms with Crippen LogP contribution >= 0.6 is 11.6 Å². The van der Waals surface area contributed by atoms with Crippen molar-refractivity contribution >= 4 is 40.2 Å². The smallest absolute Gasteiger partial charge is 0.407 e.